The zero-order valence-electron chi connectivity index (χ0n) is 12.8. The van der Waals surface area contributed by atoms with E-state index in [1.165, 1.54) is 6.08 Å². The quantitative estimate of drug-likeness (QED) is 0.696. The summed E-state index contributed by atoms with van der Waals surface area (Å²) in [6, 6.07) is 14.4. The molecule has 118 valence electrons. The fraction of sp³-hybridized carbons (Fsp3) is 0.211. The summed E-state index contributed by atoms with van der Waals surface area (Å²) in [5.41, 5.74) is 2.56. The third-order valence-corrected chi connectivity index (χ3v) is 3.83. The molecule has 1 heterocycles. The fourth-order valence-corrected chi connectivity index (χ4v) is 2.55. The SMILES string of the molecule is O=C(C=Cc1cccc(O)c1)c1ccc(N2CCOCC2)cc1. The Labute approximate surface area is 135 Å². The highest BCUT2D eigenvalue weighted by Gasteiger charge is 2.11. The summed E-state index contributed by atoms with van der Waals surface area (Å²) in [7, 11) is 0. The number of hydrogen-bond donors (Lipinski definition) is 1. The second-order valence-corrected chi connectivity index (χ2v) is 5.44. The molecule has 4 nitrogen and oxygen atoms in total. The molecule has 0 atom stereocenters. The van der Waals surface area contributed by atoms with Gasteiger partial charge in [0.25, 0.3) is 0 Å². The number of carbonyl (C=O) groups excluding carboxylic acids is 1. The summed E-state index contributed by atoms with van der Waals surface area (Å²) in [6.45, 7) is 3.25. The average molecular weight is 309 g/mol. The van der Waals surface area contributed by atoms with Crippen molar-refractivity contribution < 1.29 is 14.6 Å². The van der Waals surface area contributed by atoms with E-state index in [0.29, 0.717) is 5.56 Å². The molecule has 1 fully saturated rings. The van der Waals surface area contributed by atoms with Crippen molar-refractivity contribution in [3.63, 3.8) is 0 Å². The second-order valence-electron chi connectivity index (χ2n) is 5.44. The van der Waals surface area contributed by atoms with Gasteiger partial charge < -0.3 is 14.7 Å². The molecule has 0 amide bonds. The van der Waals surface area contributed by atoms with E-state index in [9.17, 15) is 9.90 Å². The molecule has 0 radical (unpaired) electrons. The van der Waals surface area contributed by atoms with Crippen LogP contribution in [0, 0.1) is 0 Å². The molecule has 0 bridgehead atoms. The number of allylic oxidation sites excluding steroid dienone is 1. The molecule has 2 aromatic carbocycles. The number of phenols is 1. The zero-order chi connectivity index (χ0) is 16.1. The number of morpholine rings is 1. The van der Waals surface area contributed by atoms with Crippen LogP contribution in [0.3, 0.4) is 0 Å². The van der Waals surface area contributed by atoms with Gasteiger partial charge >= 0.3 is 0 Å². The maximum Gasteiger partial charge on any atom is 0.185 e. The van der Waals surface area contributed by atoms with Gasteiger partial charge in [-0.3, -0.25) is 4.79 Å². The number of carbonyl (C=O) groups is 1. The number of hydrogen-bond acceptors (Lipinski definition) is 4. The number of phenolic OH excluding ortho intramolecular Hbond substituents is 1. The predicted molar refractivity (Wildman–Crippen MR) is 90.9 cm³/mol. The first-order chi connectivity index (χ1) is 11.2. The standard InChI is InChI=1S/C19H19NO3/c21-18-3-1-2-15(14-18)4-9-19(22)16-5-7-17(8-6-16)20-10-12-23-13-11-20/h1-9,14,21H,10-13H2. The Kier molecular flexibility index (Phi) is 4.74. The molecule has 1 aliphatic rings. The molecule has 4 heteroatoms. The van der Waals surface area contributed by atoms with Gasteiger partial charge in [-0.2, -0.15) is 0 Å². The lowest BCUT2D eigenvalue weighted by Gasteiger charge is -2.28. The number of aromatic hydroxyl groups is 1. The highest BCUT2D eigenvalue weighted by atomic mass is 16.5. The van der Waals surface area contributed by atoms with E-state index in [2.05, 4.69) is 4.90 Å². The van der Waals surface area contributed by atoms with Crippen molar-refractivity contribution in [1.29, 1.82) is 0 Å². The Balaban J connectivity index is 1.67. The van der Waals surface area contributed by atoms with Crippen LogP contribution in [0.4, 0.5) is 5.69 Å². The molecular weight excluding hydrogens is 290 g/mol. The number of benzene rings is 2. The van der Waals surface area contributed by atoms with E-state index >= 15 is 0 Å². The third-order valence-electron chi connectivity index (χ3n) is 3.83. The van der Waals surface area contributed by atoms with Gasteiger partial charge in [-0.05, 0) is 48.0 Å². The molecule has 0 unspecified atom stereocenters. The Bertz CT molecular complexity index is 701. The van der Waals surface area contributed by atoms with Crippen LogP contribution in [0.15, 0.2) is 54.6 Å². The van der Waals surface area contributed by atoms with Gasteiger partial charge in [0.1, 0.15) is 5.75 Å². The predicted octanol–water partition coefficient (Wildman–Crippen LogP) is 3.12. The maximum atomic E-state index is 12.2. The Morgan fingerprint density at radius 1 is 1.09 bits per heavy atom. The lowest BCUT2D eigenvalue weighted by atomic mass is 10.1. The van der Waals surface area contributed by atoms with E-state index in [0.717, 1.165) is 37.6 Å². The normalized spacial score (nSPS) is 15.0. The number of ketones is 1. The summed E-state index contributed by atoms with van der Waals surface area (Å²) in [5.74, 6) is 0.135. The molecule has 0 aliphatic carbocycles. The monoisotopic (exact) mass is 309 g/mol. The summed E-state index contributed by atoms with van der Waals surface area (Å²) >= 11 is 0. The maximum absolute atomic E-state index is 12.2. The van der Waals surface area contributed by atoms with Crippen LogP contribution in [0.5, 0.6) is 5.75 Å². The summed E-state index contributed by atoms with van der Waals surface area (Å²) in [4.78, 5) is 14.5. The minimum absolute atomic E-state index is 0.0538. The molecule has 1 saturated heterocycles. The van der Waals surface area contributed by atoms with E-state index < -0.39 is 0 Å². The van der Waals surface area contributed by atoms with Gasteiger partial charge in [-0.25, -0.2) is 0 Å². The fourth-order valence-electron chi connectivity index (χ4n) is 2.55. The number of ether oxygens (including phenoxy) is 1. The van der Waals surface area contributed by atoms with Gasteiger partial charge in [0, 0.05) is 24.3 Å². The van der Waals surface area contributed by atoms with Gasteiger partial charge in [-0.1, -0.05) is 18.2 Å². The van der Waals surface area contributed by atoms with Crippen molar-refractivity contribution in [2.75, 3.05) is 31.2 Å². The molecule has 0 aromatic heterocycles. The smallest absolute Gasteiger partial charge is 0.185 e. The Morgan fingerprint density at radius 3 is 2.52 bits per heavy atom. The van der Waals surface area contributed by atoms with Crippen molar-refractivity contribution in [2.24, 2.45) is 0 Å². The minimum atomic E-state index is -0.0538. The van der Waals surface area contributed by atoms with Gasteiger partial charge in [0.2, 0.25) is 0 Å². The Hall–Kier alpha value is -2.59. The lowest BCUT2D eigenvalue weighted by Crippen LogP contribution is -2.36. The van der Waals surface area contributed by atoms with Crippen LogP contribution in [0.2, 0.25) is 0 Å². The van der Waals surface area contributed by atoms with E-state index in [1.54, 1.807) is 24.3 Å². The largest absolute Gasteiger partial charge is 0.508 e. The topological polar surface area (TPSA) is 49.8 Å². The zero-order valence-corrected chi connectivity index (χ0v) is 12.8. The molecule has 1 aliphatic heterocycles. The molecule has 0 saturated carbocycles. The molecule has 1 N–H and O–H groups in total. The molecule has 3 rings (SSSR count). The summed E-state index contributed by atoms with van der Waals surface area (Å²) in [6.07, 6.45) is 3.23. The van der Waals surface area contributed by atoms with Crippen molar-refractivity contribution in [2.45, 2.75) is 0 Å². The van der Waals surface area contributed by atoms with Crippen LogP contribution in [-0.4, -0.2) is 37.2 Å². The highest BCUT2D eigenvalue weighted by molar-refractivity contribution is 6.07. The average Bonchev–Trinajstić information content (AvgIpc) is 2.61. The number of anilines is 1. The Morgan fingerprint density at radius 2 is 1.83 bits per heavy atom. The summed E-state index contributed by atoms with van der Waals surface area (Å²) < 4.78 is 5.34. The van der Waals surface area contributed by atoms with Gasteiger partial charge in [0.15, 0.2) is 5.78 Å². The first-order valence-electron chi connectivity index (χ1n) is 7.66. The van der Waals surface area contributed by atoms with Crippen molar-refractivity contribution in [3.05, 3.63) is 65.7 Å². The first kappa shape index (κ1) is 15.3. The van der Waals surface area contributed by atoms with Crippen molar-refractivity contribution in [3.8, 4) is 5.75 Å². The number of rotatable bonds is 4. The van der Waals surface area contributed by atoms with Gasteiger partial charge in [0.05, 0.1) is 13.2 Å². The number of nitrogens with zero attached hydrogens (tertiary/aromatic N) is 1. The van der Waals surface area contributed by atoms with Crippen LogP contribution >= 0.6 is 0 Å². The molecule has 2 aromatic rings. The molecular formula is C19H19NO3. The van der Waals surface area contributed by atoms with Crippen LogP contribution in [-0.2, 0) is 4.74 Å². The van der Waals surface area contributed by atoms with E-state index in [1.807, 2.05) is 30.3 Å². The van der Waals surface area contributed by atoms with Gasteiger partial charge in [-0.15, -0.1) is 0 Å². The molecule has 0 spiro atoms. The van der Waals surface area contributed by atoms with Crippen LogP contribution in [0.25, 0.3) is 6.08 Å². The first-order valence-corrected chi connectivity index (χ1v) is 7.66. The van der Waals surface area contributed by atoms with Crippen molar-refractivity contribution >= 4 is 17.5 Å². The van der Waals surface area contributed by atoms with Crippen LogP contribution in [0.1, 0.15) is 15.9 Å². The van der Waals surface area contributed by atoms with E-state index in [4.69, 9.17) is 4.74 Å². The third kappa shape index (κ3) is 3.99. The lowest BCUT2D eigenvalue weighted by molar-refractivity contribution is 0.104. The highest BCUT2D eigenvalue weighted by Crippen LogP contribution is 2.18. The minimum Gasteiger partial charge on any atom is -0.508 e. The molecule has 23 heavy (non-hydrogen) atoms. The van der Waals surface area contributed by atoms with Crippen molar-refractivity contribution in [1.82, 2.24) is 0 Å². The van der Waals surface area contributed by atoms with E-state index in [-0.39, 0.29) is 11.5 Å². The summed E-state index contributed by atoms with van der Waals surface area (Å²) in [5, 5.41) is 9.42. The second kappa shape index (κ2) is 7.11. The van der Waals surface area contributed by atoms with Crippen LogP contribution < -0.4 is 4.90 Å².